The Morgan fingerprint density at radius 1 is 0.947 bits per heavy atom. The molecule has 0 aromatic rings. The maximum Gasteiger partial charge on any atom is 0.316 e. The molecule has 0 radical (unpaired) electrons. The summed E-state index contributed by atoms with van der Waals surface area (Å²) in [7, 11) is 5.07. The fourth-order valence-electron chi connectivity index (χ4n) is 1.15. The molecule has 7 nitrogen and oxygen atoms in total. The van der Waals surface area contributed by atoms with Gasteiger partial charge in [0, 0.05) is 40.8 Å². The number of nitrogens with one attached hydrogen (secondary N) is 2. The molecule has 0 unspecified atom stereocenters. The highest BCUT2D eigenvalue weighted by molar-refractivity contribution is 5.73. The summed E-state index contributed by atoms with van der Waals surface area (Å²) in [5, 5.41) is 5.94. The zero-order valence-electron chi connectivity index (χ0n) is 12.2. The van der Waals surface area contributed by atoms with Crippen molar-refractivity contribution in [2.75, 3.05) is 73.9 Å². The summed E-state index contributed by atoms with van der Waals surface area (Å²) in [6.45, 7) is 5.12. The lowest BCUT2D eigenvalue weighted by Crippen LogP contribution is -2.38. The van der Waals surface area contributed by atoms with Crippen molar-refractivity contribution in [1.29, 1.82) is 0 Å². The minimum Gasteiger partial charge on any atom is -0.382 e. The lowest BCUT2D eigenvalue weighted by Gasteiger charge is -2.12. The average molecular weight is 277 g/mol. The molecule has 0 rings (SSSR count). The molecule has 0 saturated heterocycles. The maximum atomic E-state index is 11.2. The number of ether oxygens (including phenoxy) is 3. The van der Waals surface area contributed by atoms with Crippen LogP contribution >= 0.6 is 0 Å². The Morgan fingerprint density at radius 3 is 2.21 bits per heavy atom. The molecule has 0 saturated carbocycles. The molecule has 2 amide bonds. The van der Waals surface area contributed by atoms with Crippen LogP contribution in [0.25, 0.3) is 0 Å². The van der Waals surface area contributed by atoms with E-state index in [2.05, 4.69) is 10.6 Å². The summed E-state index contributed by atoms with van der Waals surface area (Å²) in [4.78, 5) is 12.7. The zero-order valence-corrected chi connectivity index (χ0v) is 12.2. The van der Waals surface area contributed by atoms with Gasteiger partial charge in [0.05, 0.1) is 33.0 Å². The first-order valence-electron chi connectivity index (χ1n) is 6.48. The Bertz CT molecular complexity index is 215. The Kier molecular flexibility index (Phi) is 12.9. The Hall–Kier alpha value is -0.890. The van der Waals surface area contributed by atoms with Crippen LogP contribution in [0.1, 0.15) is 0 Å². The van der Waals surface area contributed by atoms with Crippen LogP contribution in [0.3, 0.4) is 0 Å². The quantitative estimate of drug-likeness (QED) is 0.472. The Balaban J connectivity index is 3.05. The molecule has 114 valence electrons. The third kappa shape index (κ3) is 13.3. The second-order valence-electron chi connectivity index (χ2n) is 4.09. The fraction of sp³-hybridized carbons (Fsp3) is 0.917. The highest BCUT2D eigenvalue weighted by Crippen LogP contribution is 1.79. The minimum absolute atomic E-state index is 0.0775. The molecule has 0 aromatic heterocycles. The number of carbonyl (C=O) groups excluding carboxylic acids is 1. The number of methoxy groups -OCH3 is 1. The van der Waals surface area contributed by atoms with Gasteiger partial charge in [-0.05, 0) is 0 Å². The van der Waals surface area contributed by atoms with Gasteiger partial charge in [0.1, 0.15) is 0 Å². The van der Waals surface area contributed by atoms with E-state index in [0.717, 1.165) is 13.1 Å². The van der Waals surface area contributed by atoms with E-state index < -0.39 is 0 Å². The van der Waals surface area contributed by atoms with E-state index in [9.17, 15) is 4.79 Å². The molecule has 0 fully saturated rings. The smallest absolute Gasteiger partial charge is 0.316 e. The molecule has 0 bridgehead atoms. The number of rotatable bonds is 12. The topological polar surface area (TPSA) is 72.1 Å². The number of urea groups is 1. The standard InChI is InChI=1S/C12H27N3O4/c1-15(2)12(16)14-5-4-13-6-7-18-10-11-19-9-8-17-3/h13H,4-11H2,1-3H3,(H,14,16). The molecular formula is C12H27N3O4. The average Bonchev–Trinajstić information content (AvgIpc) is 2.39. The first-order valence-corrected chi connectivity index (χ1v) is 6.48. The van der Waals surface area contributed by atoms with Crippen molar-refractivity contribution in [3.63, 3.8) is 0 Å². The predicted octanol–water partition coefficient (Wildman–Crippen LogP) is -0.473. The zero-order chi connectivity index (χ0) is 14.3. The Labute approximate surface area is 115 Å². The lowest BCUT2D eigenvalue weighted by molar-refractivity contribution is 0.0256. The van der Waals surface area contributed by atoms with E-state index in [4.69, 9.17) is 14.2 Å². The van der Waals surface area contributed by atoms with Crippen molar-refractivity contribution in [1.82, 2.24) is 15.5 Å². The first kappa shape index (κ1) is 18.1. The van der Waals surface area contributed by atoms with Gasteiger partial charge in [-0.1, -0.05) is 0 Å². The Morgan fingerprint density at radius 2 is 1.58 bits per heavy atom. The van der Waals surface area contributed by atoms with Crippen LogP contribution < -0.4 is 10.6 Å². The van der Waals surface area contributed by atoms with Crippen LogP contribution in [0.15, 0.2) is 0 Å². The van der Waals surface area contributed by atoms with Gasteiger partial charge in [-0.25, -0.2) is 4.79 Å². The van der Waals surface area contributed by atoms with Gasteiger partial charge in [0.2, 0.25) is 0 Å². The van der Waals surface area contributed by atoms with E-state index >= 15 is 0 Å². The van der Waals surface area contributed by atoms with Gasteiger partial charge in [-0.3, -0.25) is 0 Å². The van der Waals surface area contributed by atoms with E-state index in [-0.39, 0.29) is 6.03 Å². The summed E-state index contributed by atoms with van der Waals surface area (Å²) in [6.07, 6.45) is 0. The van der Waals surface area contributed by atoms with E-state index in [1.807, 2.05) is 0 Å². The van der Waals surface area contributed by atoms with Crippen molar-refractivity contribution < 1.29 is 19.0 Å². The molecule has 0 spiro atoms. The molecule has 2 N–H and O–H groups in total. The summed E-state index contributed by atoms with van der Waals surface area (Å²) in [5.74, 6) is 0. The molecule has 0 aromatic carbocycles. The van der Waals surface area contributed by atoms with Gasteiger partial charge in [-0.15, -0.1) is 0 Å². The lowest BCUT2D eigenvalue weighted by atomic mass is 10.5. The summed E-state index contributed by atoms with van der Waals surface area (Å²) in [5.41, 5.74) is 0. The van der Waals surface area contributed by atoms with Crippen LogP contribution in [0, 0.1) is 0 Å². The molecule has 0 atom stereocenters. The first-order chi connectivity index (χ1) is 9.18. The largest absolute Gasteiger partial charge is 0.382 e. The summed E-state index contributed by atoms with van der Waals surface area (Å²) < 4.78 is 15.4. The van der Waals surface area contributed by atoms with Crippen LogP contribution in [0.4, 0.5) is 4.79 Å². The second kappa shape index (κ2) is 13.5. The van der Waals surface area contributed by atoms with Crippen LogP contribution in [-0.2, 0) is 14.2 Å². The van der Waals surface area contributed by atoms with Gasteiger partial charge in [-0.2, -0.15) is 0 Å². The van der Waals surface area contributed by atoms with Gasteiger partial charge in [0.25, 0.3) is 0 Å². The summed E-state index contributed by atoms with van der Waals surface area (Å²) in [6, 6.07) is -0.0775. The number of hydrogen-bond acceptors (Lipinski definition) is 5. The third-order valence-corrected chi connectivity index (χ3v) is 2.21. The second-order valence-corrected chi connectivity index (χ2v) is 4.09. The van der Waals surface area contributed by atoms with Crippen LogP contribution in [0.2, 0.25) is 0 Å². The van der Waals surface area contributed by atoms with Crippen molar-refractivity contribution in [3.8, 4) is 0 Å². The van der Waals surface area contributed by atoms with Crippen molar-refractivity contribution in [2.24, 2.45) is 0 Å². The van der Waals surface area contributed by atoms with Crippen molar-refractivity contribution >= 4 is 6.03 Å². The van der Waals surface area contributed by atoms with E-state index in [0.29, 0.717) is 39.6 Å². The maximum absolute atomic E-state index is 11.2. The van der Waals surface area contributed by atoms with Gasteiger partial charge < -0.3 is 29.7 Å². The molecule has 0 aliphatic carbocycles. The van der Waals surface area contributed by atoms with E-state index in [1.165, 1.54) is 4.90 Å². The molecule has 0 aliphatic heterocycles. The number of nitrogens with zero attached hydrogens (tertiary/aromatic N) is 1. The molecule has 0 aliphatic rings. The fourth-order valence-corrected chi connectivity index (χ4v) is 1.15. The minimum atomic E-state index is -0.0775. The predicted molar refractivity (Wildman–Crippen MR) is 73.5 cm³/mol. The highest BCUT2D eigenvalue weighted by Gasteiger charge is 1.99. The van der Waals surface area contributed by atoms with Crippen LogP contribution in [0.5, 0.6) is 0 Å². The van der Waals surface area contributed by atoms with Crippen molar-refractivity contribution in [3.05, 3.63) is 0 Å². The highest BCUT2D eigenvalue weighted by atomic mass is 16.5. The van der Waals surface area contributed by atoms with Crippen LogP contribution in [-0.4, -0.2) is 84.8 Å². The van der Waals surface area contributed by atoms with Gasteiger partial charge in [0.15, 0.2) is 0 Å². The third-order valence-electron chi connectivity index (χ3n) is 2.21. The molecule has 7 heteroatoms. The summed E-state index contributed by atoms with van der Waals surface area (Å²) >= 11 is 0. The van der Waals surface area contributed by atoms with Gasteiger partial charge >= 0.3 is 6.03 Å². The molecule has 0 heterocycles. The van der Waals surface area contributed by atoms with Crippen molar-refractivity contribution in [2.45, 2.75) is 0 Å². The molecular weight excluding hydrogens is 250 g/mol. The number of carbonyl (C=O) groups is 1. The number of amides is 2. The SMILES string of the molecule is COCCOCCOCCNCCNC(=O)N(C)C. The molecule has 19 heavy (non-hydrogen) atoms. The normalized spacial score (nSPS) is 10.5. The monoisotopic (exact) mass is 277 g/mol. The number of hydrogen-bond donors (Lipinski definition) is 2. The van der Waals surface area contributed by atoms with E-state index in [1.54, 1.807) is 21.2 Å².